The predicted molar refractivity (Wildman–Crippen MR) is 87.0 cm³/mol. The maximum atomic E-state index is 12.0. The average molecular weight is 300 g/mol. The quantitative estimate of drug-likeness (QED) is 0.791. The lowest BCUT2D eigenvalue weighted by molar-refractivity contribution is -0.124. The summed E-state index contributed by atoms with van der Waals surface area (Å²) in [5, 5.41) is 2.70. The van der Waals surface area contributed by atoms with E-state index in [2.05, 4.69) is 5.32 Å². The van der Waals surface area contributed by atoms with Crippen LogP contribution in [0.4, 0.5) is 0 Å². The Hall–Kier alpha value is -2.10. The lowest BCUT2D eigenvalue weighted by Crippen LogP contribution is -2.45. The highest BCUT2D eigenvalue weighted by Gasteiger charge is 2.18. The number of nitrogens with one attached hydrogen (secondary N) is 1. The highest BCUT2D eigenvalue weighted by molar-refractivity contribution is 5.92. The third-order valence-electron chi connectivity index (χ3n) is 4.11. The van der Waals surface area contributed by atoms with Crippen LogP contribution in [0.1, 0.15) is 37.7 Å². The number of nitrogens with two attached hydrogens (primary N) is 1. The largest absolute Gasteiger partial charge is 0.368 e. The maximum Gasteiger partial charge on any atom is 0.244 e. The van der Waals surface area contributed by atoms with Gasteiger partial charge in [0.05, 0.1) is 0 Å². The molecule has 0 aliphatic heterocycles. The van der Waals surface area contributed by atoms with E-state index in [-0.39, 0.29) is 5.91 Å². The van der Waals surface area contributed by atoms with Crippen molar-refractivity contribution in [2.75, 3.05) is 0 Å². The smallest absolute Gasteiger partial charge is 0.244 e. The summed E-state index contributed by atoms with van der Waals surface area (Å²) in [5.74, 6) is -0.269. The van der Waals surface area contributed by atoms with Crippen molar-refractivity contribution in [3.63, 3.8) is 0 Å². The van der Waals surface area contributed by atoms with Gasteiger partial charge in [0, 0.05) is 6.42 Å². The predicted octanol–water partition coefficient (Wildman–Crippen LogP) is 2.34. The van der Waals surface area contributed by atoms with Crippen molar-refractivity contribution in [1.82, 2.24) is 5.32 Å². The Balaban J connectivity index is 1.88. The van der Waals surface area contributed by atoms with Gasteiger partial charge in [-0.15, -0.1) is 0 Å². The second kappa shape index (κ2) is 8.37. The lowest BCUT2D eigenvalue weighted by atomic mass is 9.89. The Morgan fingerprint density at radius 1 is 1.18 bits per heavy atom. The monoisotopic (exact) mass is 300 g/mol. The van der Waals surface area contributed by atoms with E-state index in [1.807, 2.05) is 36.4 Å². The van der Waals surface area contributed by atoms with Crippen LogP contribution in [0.2, 0.25) is 0 Å². The Bertz CT molecular complexity index is 519. The first-order chi connectivity index (χ1) is 10.6. The maximum absolute atomic E-state index is 12.0. The van der Waals surface area contributed by atoms with E-state index in [0.717, 1.165) is 18.4 Å². The molecule has 1 aliphatic carbocycles. The van der Waals surface area contributed by atoms with Gasteiger partial charge in [0.2, 0.25) is 11.8 Å². The molecule has 0 spiro atoms. The van der Waals surface area contributed by atoms with Crippen molar-refractivity contribution in [2.24, 2.45) is 11.7 Å². The number of allylic oxidation sites excluding steroid dienone is 1. The molecule has 4 nitrogen and oxygen atoms in total. The number of carbonyl (C=O) groups is 2. The summed E-state index contributed by atoms with van der Waals surface area (Å²) in [6.07, 6.45) is 9.98. The fourth-order valence-corrected chi connectivity index (χ4v) is 2.84. The molecule has 0 bridgehead atoms. The van der Waals surface area contributed by atoms with Crippen LogP contribution in [0.3, 0.4) is 0 Å². The fraction of sp³-hybridized carbons (Fsp3) is 0.444. The van der Waals surface area contributed by atoms with E-state index in [9.17, 15) is 9.59 Å². The molecular weight excluding hydrogens is 276 g/mol. The zero-order valence-corrected chi connectivity index (χ0v) is 12.8. The van der Waals surface area contributed by atoms with Gasteiger partial charge in [-0.3, -0.25) is 9.59 Å². The van der Waals surface area contributed by atoms with E-state index >= 15 is 0 Å². The highest BCUT2D eigenvalue weighted by Crippen LogP contribution is 2.24. The number of hydrogen-bond acceptors (Lipinski definition) is 2. The molecule has 1 aliphatic rings. The van der Waals surface area contributed by atoms with Crippen molar-refractivity contribution in [2.45, 2.75) is 44.6 Å². The van der Waals surface area contributed by atoms with Gasteiger partial charge in [0.1, 0.15) is 6.04 Å². The summed E-state index contributed by atoms with van der Waals surface area (Å²) in [4.78, 5) is 23.5. The zero-order valence-electron chi connectivity index (χ0n) is 12.8. The van der Waals surface area contributed by atoms with Crippen molar-refractivity contribution in [1.29, 1.82) is 0 Å². The zero-order chi connectivity index (χ0) is 15.8. The molecule has 118 valence electrons. The molecule has 0 aromatic heterocycles. The molecule has 22 heavy (non-hydrogen) atoms. The third kappa shape index (κ3) is 5.35. The van der Waals surface area contributed by atoms with Crippen LogP contribution in [-0.2, 0) is 16.0 Å². The van der Waals surface area contributed by atoms with Crippen LogP contribution in [0, 0.1) is 5.92 Å². The molecule has 1 aromatic carbocycles. The first kappa shape index (κ1) is 16.3. The molecule has 0 radical (unpaired) electrons. The van der Waals surface area contributed by atoms with E-state index in [1.165, 1.54) is 19.3 Å². The molecule has 0 heterocycles. The highest BCUT2D eigenvalue weighted by atomic mass is 16.2. The second-order valence-corrected chi connectivity index (χ2v) is 5.91. The van der Waals surface area contributed by atoms with Gasteiger partial charge in [-0.05, 0) is 30.4 Å². The molecule has 4 heteroatoms. The average Bonchev–Trinajstić information content (AvgIpc) is 2.54. The number of hydrogen-bond donors (Lipinski definition) is 2. The summed E-state index contributed by atoms with van der Waals surface area (Å²) in [6, 6.07) is 8.87. The van der Waals surface area contributed by atoms with Crippen LogP contribution in [0.15, 0.2) is 42.5 Å². The number of carbonyl (C=O) groups excluding carboxylic acids is 2. The summed E-state index contributed by atoms with van der Waals surface area (Å²) in [6.45, 7) is 0. The molecule has 3 N–H and O–H groups in total. The molecule has 1 saturated carbocycles. The molecule has 2 rings (SSSR count). The van der Waals surface area contributed by atoms with Crippen LogP contribution >= 0.6 is 0 Å². The van der Waals surface area contributed by atoms with Crippen molar-refractivity contribution in [3.05, 3.63) is 48.0 Å². The normalized spacial score (nSPS) is 17.3. The molecule has 1 atom stereocenters. The fourth-order valence-electron chi connectivity index (χ4n) is 2.84. The van der Waals surface area contributed by atoms with Gasteiger partial charge in [-0.1, -0.05) is 55.7 Å². The van der Waals surface area contributed by atoms with Gasteiger partial charge in [0.25, 0.3) is 0 Å². The van der Waals surface area contributed by atoms with E-state index in [0.29, 0.717) is 12.3 Å². The summed E-state index contributed by atoms with van der Waals surface area (Å²) >= 11 is 0. The Kier molecular flexibility index (Phi) is 6.19. The summed E-state index contributed by atoms with van der Waals surface area (Å²) in [7, 11) is 0. The SMILES string of the molecule is NC(=O)[C@@H](Cc1ccccc1)NC(=O)/C=C\C1CCCCC1. The first-order valence-electron chi connectivity index (χ1n) is 7.97. The number of rotatable bonds is 6. The van der Waals surface area contributed by atoms with Gasteiger partial charge in [-0.2, -0.15) is 0 Å². The number of amides is 2. The minimum atomic E-state index is -0.675. The van der Waals surface area contributed by atoms with E-state index in [1.54, 1.807) is 6.08 Å². The number of benzene rings is 1. The van der Waals surface area contributed by atoms with Gasteiger partial charge >= 0.3 is 0 Å². The summed E-state index contributed by atoms with van der Waals surface area (Å²) in [5.41, 5.74) is 6.37. The molecule has 1 fully saturated rings. The van der Waals surface area contributed by atoms with Crippen LogP contribution in [0.25, 0.3) is 0 Å². The van der Waals surface area contributed by atoms with Crippen molar-refractivity contribution in [3.8, 4) is 0 Å². The molecule has 0 saturated heterocycles. The molecule has 0 unspecified atom stereocenters. The summed E-state index contributed by atoms with van der Waals surface area (Å²) < 4.78 is 0. The minimum absolute atomic E-state index is 0.245. The van der Waals surface area contributed by atoms with Gasteiger partial charge in [0.15, 0.2) is 0 Å². The first-order valence-corrected chi connectivity index (χ1v) is 7.97. The second-order valence-electron chi connectivity index (χ2n) is 5.91. The topological polar surface area (TPSA) is 72.2 Å². The van der Waals surface area contributed by atoms with Crippen molar-refractivity contribution >= 4 is 11.8 Å². The van der Waals surface area contributed by atoms with Gasteiger partial charge in [-0.25, -0.2) is 0 Å². The van der Waals surface area contributed by atoms with Gasteiger partial charge < -0.3 is 11.1 Å². The van der Waals surface area contributed by atoms with Crippen LogP contribution in [0.5, 0.6) is 0 Å². The number of primary amides is 1. The van der Waals surface area contributed by atoms with E-state index < -0.39 is 11.9 Å². The van der Waals surface area contributed by atoms with Crippen LogP contribution in [-0.4, -0.2) is 17.9 Å². The minimum Gasteiger partial charge on any atom is -0.368 e. The lowest BCUT2D eigenvalue weighted by Gasteiger charge is -2.18. The Morgan fingerprint density at radius 2 is 1.86 bits per heavy atom. The van der Waals surface area contributed by atoms with Crippen molar-refractivity contribution < 1.29 is 9.59 Å². The third-order valence-corrected chi connectivity index (χ3v) is 4.11. The van der Waals surface area contributed by atoms with E-state index in [4.69, 9.17) is 5.73 Å². The standard InChI is InChI=1S/C18H24N2O2/c19-18(22)16(13-15-9-5-2-6-10-15)20-17(21)12-11-14-7-3-1-4-8-14/h2,5-6,9-12,14,16H,1,3-4,7-8,13H2,(H2,19,22)(H,20,21)/b12-11-/t16-/m1/s1. The Labute approximate surface area is 131 Å². The van der Waals surface area contributed by atoms with Crippen LogP contribution < -0.4 is 11.1 Å². The Morgan fingerprint density at radius 3 is 2.50 bits per heavy atom. The molecule has 2 amide bonds. The molecular formula is C18H24N2O2. The molecule has 1 aromatic rings.